The molecule has 1 atom stereocenters. The summed E-state index contributed by atoms with van der Waals surface area (Å²) in [7, 11) is 1.62. The normalized spacial score (nSPS) is 15.9. The van der Waals surface area contributed by atoms with Gasteiger partial charge >= 0.3 is 0 Å². The molecule has 156 valence electrons. The van der Waals surface area contributed by atoms with Crippen molar-refractivity contribution in [3.05, 3.63) is 29.8 Å². The van der Waals surface area contributed by atoms with E-state index in [0.717, 1.165) is 17.9 Å². The van der Waals surface area contributed by atoms with Crippen LogP contribution in [0, 0.1) is 0 Å². The number of carbonyl (C=O) groups is 3. The second kappa shape index (κ2) is 12.2. The van der Waals surface area contributed by atoms with Crippen LogP contribution in [-0.2, 0) is 14.4 Å². The molecule has 1 heterocycles. The quantitative estimate of drug-likeness (QED) is 0.543. The molecule has 1 aromatic carbocycles. The third-order valence-corrected chi connectivity index (χ3v) is 4.45. The van der Waals surface area contributed by atoms with Crippen LogP contribution in [0.1, 0.15) is 31.4 Å². The number of hydrogen-bond acceptors (Lipinski definition) is 5. The van der Waals surface area contributed by atoms with Crippen molar-refractivity contribution in [3.8, 4) is 5.75 Å². The zero-order chi connectivity index (χ0) is 19.6. The Morgan fingerprint density at radius 3 is 2.61 bits per heavy atom. The highest BCUT2D eigenvalue weighted by Gasteiger charge is 2.29. The highest BCUT2D eigenvalue weighted by atomic mass is 35.5. The Bertz CT molecular complexity index is 671. The molecular weight excluding hydrogens is 384 g/mol. The topological polar surface area (TPSA) is 99.8 Å². The minimum Gasteiger partial charge on any atom is -0.496 e. The van der Waals surface area contributed by atoms with E-state index >= 15 is 0 Å². The minimum atomic E-state index is -0.197. The van der Waals surface area contributed by atoms with Gasteiger partial charge in [0.2, 0.25) is 17.7 Å². The van der Waals surface area contributed by atoms with Gasteiger partial charge in [0.05, 0.1) is 13.2 Å². The van der Waals surface area contributed by atoms with Crippen LogP contribution in [0.2, 0.25) is 0 Å². The first-order valence-corrected chi connectivity index (χ1v) is 9.17. The molecule has 1 aromatic rings. The van der Waals surface area contributed by atoms with Crippen molar-refractivity contribution in [1.29, 1.82) is 0 Å². The molecule has 1 saturated heterocycles. The Kier molecular flexibility index (Phi) is 10.3. The van der Waals surface area contributed by atoms with Gasteiger partial charge in [0, 0.05) is 58.1 Å². The predicted molar refractivity (Wildman–Crippen MR) is 108 cm³/mol. The maximum Gasteiger partial charge on any atom is 0.223 e. The molecule has 1 unspecified atom stereocenters. The largest absolute Gasteiger partial charge is 0.496 e. The number of hydrogen-bond donors (Lipinski definition) is 3. The maximum absolute atomic E-state index is 12.7. The third kappa shape index (κ3) is 7.01. The van der Waals surface area contributed by atoms with Gasteiger partial charge in [-0.25, -0.2) is 0 Å². The van der Waals surface area contributed by atoms with E-state index in [-0.39, 0.29) is 49.0 Å². The first-order valence-electron chi connectivity index (χ1n) is 9.17. The Morgan fingerprint density at radius 2 is 1.89 bits per heavy atom. The van der Waals surface area contributed by atoms with Crippen molar-refractivity contribution in [2.24, 2.45) is 0 Å². The highest BCUT2D eigenvalue weighted by Crippen LogP contribution is 2.30. The number of halogens is 1. The number of piperazine rings is 1. The number of benzene rings is 1. The van der Waals surface area contributed by atoms with Gasteiger partial charge in [0.15, 0.2) is 0 Å². The van der Waals surface area contributed by atoms with Gasteiger partial charge < -0.3 is 25.6 Å². The average molecular weight is 413 g/mol. The van der Waals surface area contributed by atoms with Gasteiger partial charge in [-0.2, -0.15) is 0 Å². The van der Waals surface area contributed by atoms with Crippen LogP contribution in [0.5, 0.6) is 5.75 Å². The standard InChI is InChI=1S/C19H28N4O4.ClH/c1-14(24)21-9-10-22-18(25)7-8-19(26)23-12-11-20-13-16(23)15-5-3-4-6-17(15)27-2;/h3-6,16,20H,7-13H2,1-2H3,(H,21,24)(H,22,25);1H. The predicted octanol–water partition coefficient (Wildman–Crippen LogP) is 0.622. The molecule has 2 rings (SSSR count). The molecule has 0 radical (unpaired) electrons. The molecule has 1 aliphatic heterocycles. The molecule has 3 N–H and O–H groups in total. The fourth-order valence-corrected chi connectivity index (χ4v) is 3.12. The Labute approximate surface area is 171 Å². The number of para-hydroxylation sites is 1. The molecule has 0 saturated carbocycles. The van der Waals surface area contributed by atoms with E-state index in [9.17, 15) is 14.4 Å². The minimum absolute atomic E-state index is 0. The van der Waals surface area contributed by atoms with Gasteiger partial charge in [0.1, 0.15) is 5.75 Å². The van der Waals surface area contributed by atoms with Gasteiger partial charge in [0.25, 0.3) is 0 Å². The van der Waals surface area contributed by atoms with Gasteiger partial charge in [-0.3, -0.25) is 14.4 Å². The molecular formula is C19H29ClN4O4. The second-order valence-corrected chi connectivity index (χ2v) is 6.38. The number of rotatable bonds is 8. The first kappa shape index (κ1) is 23.7. The van der Waals surface area contributed by atoms with Crippen molar-refractivity contribution in [1.82, 2.24) is 20.9 Å². The Balaban J connectivity index is 0.00000392. The lowest BCUT2D eigenvalue weighted by Gasteiger charge is -2.37. The van der Waals surface area contributed by atoms with E-state index in [4.69, 9.17) is 4.74 Å². The summed E-state index contributed by atoms with van der Waals surface area (Å²) in [5, 5.41) is 8.62. The van der Waals surface area contributed by atoms with Crippen molar-refractivity contribution < 1.29 is 19.1 Å². The third-order valence-electron chi connectivity index (χ3n) is 4.45. The highest BCUT2D eigenvalue weighted by molar-refractivity contribution is 5.85. The van der Waals surface area contributed by atoms with Crippen LogP contribution in [0.4, 0.5) is 0 Å². The number of amides is 3. The van der Waals surface area contributed by atoms with Crippen LogP contribution in [0.3, 0.4) is 0 Å². The lowest BCUT2D eigenvalue weighted by molar-refractivity contribution is -0.136. The number of carbonyl (C=O) groups excluding carboxylic acids is 3. The summed E-state index contributed by atoms with van der Waals surface area (Å²) in [6.07, 6.45) is 0.277. The number of ether oxygens (including phenoxy) is 1. The summed E-state index contributed by atoms with van der Waals surface area (Å²) >= 11 is 0. The molecule has 1 aliphatic rings. The fourth-order valence-electron chi connectivity index (χ4n) is 3.12. The van der Waals surface area contributed by atoms with E-state index in [2.05, 4.69) is 16.0 Å². The van der Waals surface area contributed by atoms with E-state index in [1.807, 2.05) is 29.2 Å². The summed E-state index contributed by atoms with van der Waals surface area (Å²) in [5.41, 5.74) is 0.959. The first-order chi connectivity index (χ1) is 13.0. The monoisotopic (exact) mass is 412 g/mol. The van der Waals surface area contributed by atoms with Crippen LogP contribution in [0.25, 0.3) is 0 Å². The summed E-state index contributed by atoms with van der Waals surface area (Å²) in [6, 6.07) is 7.55. The van der Waals surface area contributed by atoms with Gasteiger partial charge in [-0.15, -0.1) is 12.4 Å². The molecule has 0 aliphatic carbocycles. The van der Waals surface area contributed by atoms with E-state index in [1.165, 1.54) is 6.92 Å². The van der Waals surface area contributed by atoms with Crippen molar-refractivity contribution in [3.63, 3.8) is 0 Å². The maximum atomic E-state index is 12.7. The number of methoxy groups -OCH3 is 1. The van der Waals surface area contributed by atoms with Crippen LogP contribution >= 0.6 is 12.4 Å². The van der Waals surface area contributed by atoms with E-state index in [1.54, 1.807) is 7.11 Å². The van der Waals surface area contributed by atoms with Crippen LogP contribution in [-0.4, -0.2) is 62.5 Å². The second-order valence-electron chi connectivity index (χ2n) is 6.38. The molecule has 0 aromatic heterocycles. The van der Waals surface area contributed by atoms with E-state index < -0.39 is 0 Å². The molecule has 0 spiro atoms. The zero-order valence-corrected chi connectivity index (χ0v) is 17.1. The Morgan fingerprint density at radius 1 is 1.18 bits per heavy atom. The van der Waals surface area contributed by atoms with Crippen molar-refractivity contribution in [2.75, 3.05) is 39.8 Å². The number of nitrogens with one attached hydrogen (secondary N) is 3. The Hall–Kier alpha value is -2.32. The zero-order valence-electron chi connectivity index (χ0n) is 16.3. The summed E-state index contributed by atoms with van der Waals surface area (Å²) < 4.78 is 5.44. The summed E-state index contributed by atoms with van der Waals surface area (Å²) in [6.45, 7) is 4.11. The van der Waals surface area contributed by atoms with E-state index in [0.29, 0.717) is 26.2 Å². The molecule has 8 nitrogen and oxygen atoms in total. The smallest absolute Gasteiger partial charge is 0.223 e. The summed E-state index contributed by atoms with van der Waals surface area (Å²) in [4.78, 5) is 37.2. The van der Waals surface area contributed by atoms with Crippen molar-refractivity contribution in [2.45, 2.75) is 25.8 Å². The molecule has 28 heavy (non-hydrogen) atoms. The fraction of sp³-hybridized carbons (Fsp3) is 0.526. The lowest BCUT2D eigenvalue weighted by Crippen LogP contribution is -2.49. The lowest BCUT2D eigenvalue weighted by atomic mass is 10.0. The molecule has 9 heteroatoms. The van der Waals surface area contributed by atoms with Crippen molar-refractivity contribution >= 4 is 30.1 Å². The van der Waals surface area contributed by atoms with Gasteiger partial charge in [-0.05, 0) is 6.07 Å². The van der Waals surface area contributed by atoms with Crippen LogP contribution in [0.15, 0.2) is 24.3 Å². The number of nitrogens with zero attached hydrogens (tertiary/aromatic N) is 1. The molecule has 1 fully saturated rings. The summed E-state index contributed by atoms with van der Waals surface area (Å²) in [5.74, 6) is 0.363. The molecule has 3 amide bonds. The molecule has 0 bridgehead atoms. The average Bonchev–Trinajstić information content (AvgIpc) is 2.69. The van der Waals surface area contributed by atoms with Gasteiger partial charge in [-0.1, -0.05) is 18.2 Å². The van der Waals surface area contributed by atoms with Crippen LogP contribution < -0.4 is 20.7 Å². The SMILES string of the molecule is COc1ccccc1C1CNCCN1C(=O)CCC(=O)NCCNC(C)=O.Cl.